The van der Waals surface area contributed by atoms with Crippen molar-refractivity contribution >= 4 is 0 Å². The number of aromatic amines is 1. The topological polar surface area (TPSA) is 31.9 Å². The molecule has 18 heavy (non-hydrogen) atoms. The Morgan fingerprint density at radius 2 is 1.89 bits per heavy atom. The molecule has 0 spiro atoms. The smallest absolute Gasteiger partial charge is 0.0490 e. The molecule has 0 unspecified atom stereocenters. The number of nitrogens with one attached hydrogen (secondary N) is 1. The first-order valence-electron chi connectivity index (χ1n) is 6.30. The van der Waals surface area contributed by atoms with Gasteiger partial charge in [0.15, 0.2) is 0 Å². The summed E-state index contributed by atoms with van der Waals surface area (Å²) in [6.07, 6.45) is 1.81. The molecule has 0 atom stereocenters. The van der Waals surface area contributed by atoms with E-state index in [-0.39, 0.29) is 5.41 Å². The summed E-state index contributed by atoms with van der Waals surface area (Å²) in [6, 6.07) is 12.6. The molecule has 0 radical (unpaired) electrons. The Labute approximate surface area is 109 Å². The number of hydrogen-bond acceptors (Lipinski definition) is 2. The van der Waals surface area contributed by atoms with Gasteiger partial charge in [-0.15, -0.1) is 0 Å². The van der Waals surface area contributed by atoms with Crippen LogP contribution in [0.4, 0.5) is 0 Å². The summed E-state index contributed by atoms with van der Waals surface area (Å²) in [5, 5.41) is 7.11. The summed E-state index contributed by atoms with van der Waals surface area (Å²) in [7, 11) is 2.16. The second-order valence-corrected chi connectivity index (χ2v) is 5.51. The molecule has 0 amide bonds. The van der Waals surface area contributed by atoms with E-state index in [0.717, 1.165) is 13.1 Å². The van der Waals surface area contributed by atoms with Crippen LogP contribution in [0.15, 0.2) is 42.6 Å². The Kier molecular flexibility index (Phi) is 3.82. The molecule has 0 fully saturated rings. The first kappa shape index (κ1) is 12.8. The van der Waals surface area contributed by atoms with E-state index >= 15 is 0 Å². The number of likely N-dealkylation sites (N-methyl/N-ethyl adjacent to an activating group) is 1. The largest absolute Gasteiger partial charge is 0.301 e. The minimum Gasteiger partial charge on any atom is -0.301 e. The third-order valence-electron chi connectivity index (χ3n) is 3.19. The Morgan fingerprint density at radius 1 is 1.17 bits per heavy atom. The van der Waals surface area contributed by atoms with Crippen molar-refractivity contribution in [2.24, 2.45) is 0 Å². The maximum Gasteiger partial charge on any atom is 0.0490 e. The summed E-state index contributed by atoms with van der Waals surface area (Å²) in [5.41, 5.74) is 2.61. The number of aromatic nitrogens is 2. The van der Waals surface area contributed by atoms with E-state index in [1.54, 1.807) is 0 Å². The summed E-state index contributed by atoms with van der Waals surface area (Å²) in [6.45, 7) is 6.44. The summed E-state index contributed by atoms with van der Waals surface area (Å²) in [4.78, 5) is 2.34. The van der Waals surface area contributed by atoms with Crippen LogP contribution in [0.1, 0.15) is 25.1 Å². The van der Waals surface area contributed by atoms with Crippen LogP contribution in [-0.2, 0) is 12.0 Å². The molecule has 3 nitrogen and oxygen atoms in total. The second kappa shape index (κ2) is 5.36. The maximum atomic E-state index is 4.04. The first-order chi connectivity index (χ1) is 8.58. The van der Waals surface area contributed by atoms with Crippen molar-refractivity contribution in [1.82, 2.24) is 15.1 Å². The quantitative estimate of drug-likeness (QED) is 0.875. The van der Waals surface area contributed by atoms with E-state index in [0.29, 0.717) is 0 Å². The number of rotatable bonds is 5. The number of hydrogen-bond donors (Lipinski definition) is 1. The van der Waals surface area contributed by atoms with E-state index < -0.39 is 0 Å². The van der Waals surface area contributed by atoms with Gasteiger partial charge in [0.05, 0.1) is 0 Å². The molecule has 1 heterocycles. The van der Waals surface area contributed by atoms with Gasteiger partial charge in [-0.25, -0.2) is 0 Å². The van der Waals surface area contributed by atoms with Gasteiger partial charge in [-0.2, -0.15) is 5.10 Å². The average Bonchev–Trinajstić information content (AvgIpc) is 2.83. The van der Waals surface area contributed by atoms with Crippen LogP contribution in [0.3, 0.4) is 0 Å². The Bertz CT molecular complexity index is 460. The molecular weight excluding hydrogens is 222 g/mol. The van der Waals surface area contributed by atoms with Gasteiger partial charge in [0.25, 0.3) is 0 Å². The number of nitrogens with zero attached hydrogens (tertiary/aromatic N) is 2. The van der Waals surface area contributed by atoms with Gasteiger partial charge in [0.2, 0.25) is 0 Å². The SMILES string of the molecule is CN(Cc1ccccc1)CC(C)(C)c1ccn[nH]1. The van der Waals surface area contributed by atoms with Crippen LogP contribution in [0, 0.1) is 0 Å². The molecule has 1 aromatic carbocycles. The van der Waals surface area contributed by atoms with E-state index in [1.807, 2.05) is 6.20 Å². The van der Waals surface area contributed by atoms with Crippen molar-refractivity contribution in [2.45, 2.75) is 25.8 Å². The summed E-state index contributed by atoms with van der Waals surface area (Å²) < 4.78 is 0. The standard InChI is InChI=1S/C15H21N3/c1-15(2,14-9-10-16-17-14)12-18(3)11-13-7-5-4-6-8-13/h4-10H,11-12H2,1-3H3,(H,16,17). The zero-order valence-corrected chi connectivity index (χ0v) is 11.4. The number of benzene rings is 1. The fraction of sp³-hybridized carbons (Fsp3) is 0.400. The fourth-order valence-corrected chi connectivity index (χ4v) is 2.34. The highest BCUT2D eigenvalue weighted by atomic mass is 15.1. The lowest BCUT2D eigenvalue weighted by atomic mass is 9.89. The molecule has 2 aromatic rings. The van der Waals surface area contributed by atoms with Crippen LogP contribution in [0.2, 0.25) is 0 Å². The van der Waals surface area contributed by atoms with Crippen molar-refractivity contribution < 1.29 is 0 Å². The highest BCUT2D eigenvalue weighted by Gasteiger charge is 2.23. The number of H-pyrrole nitrogens is 1. The minimum atomic E-state index is 0.0834. The van der Waals surface area contributed by atoms with Gasteiger partial charge in [-0.3, -0.25) is 5.10 Å². The molecule has 96 valence electrons. The van der Waals surface area contributed by atoms with Crippen LogP contribution in [-0.4, -0.2) is 28.7 Å². The fourth-order valence-electron chi connectivity index (χ4n) is 2.34. The highest BCUT2D eigenvalue weighted by molar-refractivity contribution is 5.16. The maximum absolute atomic E-state index is 4.04. The third-order valence-corrected chi connectivity index (χ3v) is 3.19. The van der Waals surface area contributed by atoms with Gasteiger partial charge in [-0.05, 0) is 18.7 Å². The highest BCUT2D eigenvalue weighted by Crippen LogP contribution is 2.22. The molecule has 1 aromatic heterocycles. The summed E-state index contributed by atoms with van der Waals surface area (Å²) in [5.74, 6) is 0. The molecule has 2 rings (SSSR count). The van der Waals surface area contributed by atoms with Gasteiger partial charge in [-0.1, -0.05) is 44.2 Å². The molecule has 0 aliphatic rings. The van der Waals surface area contributed by atoms with Gasteiger partial charge in [0, 0.05) is 30.4 Å². The van der Waals surface area contributed by atoms with E-state index in [2.05, 4.69) is 72.4 Å². The van der Waals surface area contributed by atoms with Crippen LogP contribution < -0.4 is 0 Å². The molecule has 0 aliphatic heterocycles. The second-order valence-electron chi connectivity index (χ2n) is 5.51. The van der Waals surface area contributed by atoms with Crippen molar-refractivity contribution in [2.75, 3.05) is 13.6 Å². The predicted octanol–water partition coefficient (Wildman–Crippen LogP) is 2.82. The summed E-state index contributed by atoms with van der Waals surface area (Å²) >= 11 is 0. The lowest BCUT2D eigenvalue weighted by molar-refractivity contribution is 0.257. The van der Waals surface area contributed by atoms with Crippen LogP contribution in [0.25, 0.3) is 0 Å². The van der Waals surface area contributed by atoms with E-state index in [4.69, 9.17) is 0 Å². The lowest BCUT2D eigenvalue weighted by Gasteiger charge is -2.29. The zero-order valence-electron chi connectivity index (χ0n) is 11.4. The predicted molar refractivity (Wildman–Crippen MR) is 74.4 cm³/mol. The van der Waals surface area contributed by atoms with Gasteiger partial charge in [0.1, 0.15) is 0 Å². The molecule has 1 N–H and O–H groups in total. The van der Waals surface area contributed by atoms with E-state index in [1.165, 1.54) is 11.3 Å². The minimum absolute atomic E-state index is 0.0834. The molecule has 3 heteroatoms. The molecule has 0 saturated carbocycles. The Morgan fingerprint density at radius 3 is 2.50 bits per heavy atom. The van der Waals surface area contributed by atoms with Gasteiger partial charge >= 0.3 is 0 Å². The van der Waals surface area contributed by atoms with Crippen molar-refractivity contribution in [3.8, 4) is 0 Å². The third kappa shape index (κ3) is 3.20. The van der Waals surface area contributed by atoms with Crippen molar-refractivity contribution in [1.29, 1.82) is 0 Å². The van der Waals surface area contributed by atoms with Gasteiger partial charge < -0.3 is 4.90 Å². The van der Waals surface area contributed by atoms with Crippen LogP contribution >= 0.6 is 0 Å². The van der Waals surface area contributed by atoms with Crippen LogP contribution in [0.5, 0.6) is 0 Å². The van der Waals surface area contributed by atoms with Crippen molar-refractivity contribution in [3.05, 3.63) is 53.9 Å². The van der Waals surface area contributed by atoms with E-state index in [9.17, 15) is 0 Å². The first-order valence-corrected chi connectivity index (χ1v) is 6.30. The average molecular weight is 243 g/mol. The molecular formula is C15H21N3. The molecule has 0 saturated heterocycles. The Balaban J connectivity index is 1.97. The van der Waals surface area contributed by atoms with Crippen molar-refractivity contribution in [3.63, 3.8) is 0 Å². The normalized spacial score (nSPS) is 12.0. The lowest BCUT2D eigenvalue weighted by Crippen LogP contribution is -2.34. The molecule has 0 aliphatic carbocycles. The monoisotopic (exact) mass is 243 g/mol. The molecule has 0 bridgehead atoms. The Hall–Kier alpha value is -1.61. The zero-order chi connectivity index (χ0) is 13.0.